The van der Waals surface area contributed by atoms with E-state index in [4.69, 9.17) is 0 Å². The molecule has 0 unspecified atom stereocenters. The fourth-order valence-electron chi connectivity index (χ4n) is 2.10. The van der Waals surface area contributed by atoms with Gasteiger partial charge in [0.05, 0.1) is 0 Å². The van der Waals surface area contributed by atoms with Gasteiger partial charge in [0, 0.05) is 17.2 Å². The number of aryl methyl sites for hydroxylation is 2. The van der Waals surface area contributed by atoms with Gasteiger partial charge < -0.3 is 5.11 Å². The zero-order chi connectivity index (χ0) is 14.7. The Bertz CT molecular complexity index is 670. The summed E-state index contributed by atoms with van der Waals surface area (Å²) in [7, 11) is 1.93. The molecule has 0 aliphatic rings. The lowest BCUT2D eigenvalue weighted by Gasteiger charge is -2.03. The zero-order valence-corrected chi connectivity index (χ0v) is 11.9. The Balaban J connectivity index is 2.29. The van der Waals surface area contributed by atoms with E-state index in [1.165, 1.54) is 0 Å². The molecule has 1 aromatic carbocycles. The number of aromatic hydroxyl groups is 1. The molecule has 1 heterocycles. The number of pyridine rings is 1. The number of hydrogen-bond acceptors (Lipinski definition) is 2. The molecular formula is C17H18NO2+. The van der Waals surface area contributed by atoms with E-state index in [9.17, 15) is 9.90 Å². The number of carbonyl (C=O) groups excluding carboxylic acids is 1. The first-order chi connectivity index (χ1) is 9.47. The summed E-state index contributed by atoms with van der Waals surface area (Å²) >= 11 is 0. The third-order valence-electron chi connectivity index (χ3n) is 3.23. The zero-order valence-electron chi connectivity index (χ0n) is 11.9. The van der Waals surface area contributed by atoms with Gasteiger partial charge in [0.25, 0.3) is 0 Å². The summed E-state index contributed by atoms with van der Waals surface area (Å²) in [4.78, 5) is 12.3. The highest BCUT2D eigenvalue weighted by molar-refractivity contribution is 6.09. The Morgan fingerprint density at radius 1 is 1.20 bits per heavy atom. The summed E-state index contributed by atoms with van der Waals surface area (Å²) in [6.07, 6.45) is 5.43. The highest BCUT2D eigenvalue weighted by Gasteiger charge is 2.10. The fourth-order valence-corrected chi connectivity index (χ4v) is 2.10. The number of allylic oxidation sites excluding steroid dienone is 2. The number of aromatic nitrogens is 1. The van der Waals surface area contributed by atoms with Gasteiger partial charge in [-0.25, -0.2) is 4.57 Å². The summed E-state index contributed by atoms with van der Waals surface area (Å²) in [6, 6.07) is 8.66. The van der Waals surface area contributed by atoms with Crippen LogP contribution in [0.1, 0.15) is 28.4 Å². The molecule has 0 radical (unpaired) electrons. The predicted molar refractivity (Wildman–Crippen MR) is 78.4 cm³/mol. The van der Waals surface area contributed by atoms with Crippen LogP contribution in [-0.4, -0.2) is 10.9 Å². The van der Waals surface area contributed by atoms with E-state index in [1.807, 2.05) is 43.9 Å². The first-order valence-electron chi connectivity index (χ1n) is 6.45. The number of carbonyl (C=O) groups is 1. The second-order valence-electron chi connectivity index (χ2n) is 4.95. The maximum absolute atomic E-state index is 12.3. The largest absolute Gasteiger partial charge is 0.508 e. The van der Waals surface area contributed by atoms with E-state index in [0.717, 1.165) is 16.7 Å². The Morgan fingerprint density at radius 2 is 1.85 bits per heavy atom. The molecule has 1 N–H and O–H groups in total. The summed E-state index contributed by atoms with van der Waals surface area (Å²) in [5, 5.41) is 9.27. The minimum Gasteiger partial charge on any atom is -0.508 e. The number of ketones is 1. The lowest BCUT2D eigenvalue weighted by atomic mass is 10.0. The third-order valence-corrected chi connectivity index (χ3v) is 3.23. The molecule has 0 fully saturated rings. The van der Waals surface area contributed by atoms with Crippen LogP contribution in [0, 0.1) is 6.92 Å². The van der Waals surface area contributed by atoms with E-state index >= 15 is 0 Å². The van der Waals surface area contributed by atoms with Crippen molar-refractivity contribution >= 4 is 11.4 Å². The molecule has 20 heavy (non-hydrogen) atoms. The van der Waals surface area contributed by atoms with Gasteiger partial charge in [0.15, 0.2) is 18.2 Å². The van der Waals surface area contributed by atoms with Gasteiger partial charge in [-0.15, -0.1) is 0 Å². The summed E-state index contributed by atoms with van der Waals surface area (Å²) in [5.74, 6) is 0.216. The van der Waals surface area contributed by atoms with Crippen LogP contribution in [0.5, 0.6) is 5.75 Å². The molecule has 0 saturated heterocycles. The van der Waals surface area contributed by atoms with E-state index in [1.54, 1.807) is 30.3 Å². The SMILES string of the molecule is C/C(=C\C(=O)c1cc[n+](C)cc1C)c1ccc(O)cc1. The maximum atomic E-state index is 12.3. The highest BCUT2D eigenvalue weighted by atomic mass is 16.3. The Hall–Kier alpha value is -2.42. The molecular weight excluding hydrogens is 250 g/mol. The fraction of sp³-hybridized carbons (Fsp3) is 0.176. The van der Waals surface area contributed by atoms with Crippen molar-refractivity contribution < 1.29 is 14.5 Å². The Labute approximate surface area is 118 Å². The van der Waals surface area contributed by atoms with Crippen molar-refractivity contribution in [1.29, 1.82) is 0 Å². The molecule has 0 aliphatic heterocycles. The number of nitrogens with zero attached hydrogens (tertiary/aromatic N) is 1. The van der Waals surface area contributed by atoms with Crippen molar-refractivity contribution in [3.8, 4) is 5.75 Å². The number of hydrogen-bond donors (Lipinski definition) is 1. The van der Waals surface area contributed by atoms with E-state index in [2.05, 4.69) is 0 Å². The van der Waals surface area contributed by atoms with Gasteiger partial charge >= 0.3 is 0 Å². The molecule has 0 spiro atoms. The molecule has 3 heteroatoms. The number of benzene rings is 1. The van der Waals surface area contributed by atoms with Crippen LogP contribution in [-0.2, 0) is 7.05 Å². The van der Waals surface area contributed by atoms with E-state index in [0.29, 0.717) is 5.56 Å². The van der Waals surface area contributed by atoms with Crippen LogP contribution in [0.4, 0.5) is 0 Å². The third kappa shape index (κ3) is 3.12. The van der Waals surface area contributed by atoms with Gasteiger partial charge in [0.2, 0.25) is 0 Å². The van der Waals surface area contributed by atoms with E-state index < -0.39 is 0 Å². The normalized spacial score (nSPS) is 11.4. The average Bonchev–Trinajstić information content (AvgIpc) is 2.39. The second-order valence-corrected chi connectivity index (χ2v) is 4.95. The van der Waals surface area contributed by atoms with Crippen molar-refractivity contribution in [2.24, 2.45) is 7.05 Å². The summed E-state index contributed by atoms with van der Waals surface area (Å²) < 4.78 is 1.92. The van der Waals surface area contributed by atoms with Gasteiger partial charge in [-0.2, -0.15) is 0 Å². The van der Waals surface area contributed by atoms with Crippen LogP contribution >= 0.6 is 0 Å². The lowest BCUT2D eigenvalue weighted by Crippen LogP contribution is -2.27. The quantitative estimate of drug-likeness (QED) is 0.528. The smallest absolute Gasteiger partial charge is 0.186 e. The number of rotatable bonds is 3. The standard InChI is InChI=1S/C17H17NO2/c1-12(14-4-6-15(19)7-5-14)10-17(20)16-8-9-18(3)11-13(16)2/h4-11H,1-3H3/p+1. The summed E-state index contributed by atoms with van der Waals surface area (Å²) in [5.41, 5.74) is 3.47. The minimum absolute atomic E-state index is 0.00586. The van der Waals surface area contributed by atoms with Crippen LogP contribution in [0.15, 0.2) is 48.8 Å². The van der Waals surface area contributed by atoms with Crippen molar-refractivity contribution in [2.45, 2.75) is 13.8 Å². The number of phenols is 1. The average molecular weight is 268 g/mol. The molecule has 0 amide bonds. The Kier molecular flexibility index (Phi) is 3.99. The molecule has 0 saturated carbocycles. The Morgan fingerprint density at radius 3 is 2.45 bits per heavy atom. The molecule has 0 bridgehead atoms. The van der Waals surface area contributed by atoms with Crippen molar-refractivity contribution in [1.82, 2.24) is 0 Å². The first-order valence-corrected chi connectivity index (χ1v) is 6.45. The van der Waals surface area contributed by atoms with Gasteiger partial charge in [0.1, 0.15) is 12.8 Å². The maximum Gasteiger partial charge on any atom is 0.186 e. The molecule has 102 valence electrons. The molecule has 0 aliphatic carbocycles. The van der Waals surface area contributed by atoms with Crippen molar-refractivity contribution in [3.63, 3.8) is 0 Å². The minimum atomic E-state index is -0.00586. The monoisotopic (exact) mass is 268 g/mol. The van der Waals surface area contributed by atoms with Gasteiger partial charge in [-0.05, 0) is 43.2 Å². The first kappa shape index (κ1) is 14.0. The van der Waals surface area contributed by atoms with Gasteiger partial charge in [-0.3, -0.25) is 4.79 Å². The second kappa shape index (κ2) is 5.70. The van der Waals surface area contributed by atoms with Crippen molar-refractivity contribution in [3.05, 3.63) is 65.5 Å². The highest BCUT2D eigenvalue weighted by Crippen LogP contribution is 2.18. The van der Waals surface area contributed by atoms with Crippen LogP contribution in [0.25, 0.3) is 5.57 Å². The van der Waals surface area contributed by atoms with Gasteiger partial charge in [-0.1, -0.05) is 12.1 Å². The molecule has 2 rings (SSSR count). The molecule has 0 atom stereocenters. The van der Waals surface area contributed by atoms with E-state index in [-0.39, 0.29) is 11.5 Å². The van der Waals surface area contributed by atoms with Crippen LogP contribution in [0.2, 0.25) is 0 Å². The summed E-state index contributed by atoms with van der Waals surface area (Å²) in [6.45, 7) is 3.82. The van der Waals surface area contributed by atoms with Crippen molar-refractivity contribution in [2.75, 3.05) is 0 Å². The predicted octanol–water partition coefficient (Wildman–Crippen LogP) is 2.81. The van der Waals surface area contributed by atoms with Crippen LogP contribution in [0.3, 0.4) is 0 Å². The number of phenolic OH excluding ortho intramolecular Hbond substituents is 1. The molecule has 3 nitrogen and oxygen atoms in total. The molecule has 1 aromatic heterocycles. The molecule has 2 aromatic rings. The van der Waals surface area contributed by atoms with Crippen LogP contribution < -0.4 is 4.57 Å². The lowest BCUT2D eigenvalue weighted by molar-refractivity contribution is -0.671. The topological polar surface area (TPSA) is 41.2 Å².